The number of hydrogen-bond acceptors (Lipinski definition) is 3. The van der Waals surface area contributed by atoms with Crippen LogP contribution in [0.2, 0.25) is 0 Å². The van der Waals surface area contributed by atoms with Crippen molar-refractivity contribution < 1.29 is 4.74 Å². The number of likely N-dealkylation sites (N-methyl/N-ethyl adjacent to an activating group) is 1. The normalized spacial score (nSPS) is 22.2. The highest BCUT2D eigenvalue weighted by atomic mass is 16.5. The minimum Gasteiger partial charge on any atom is -0.487 e. The van der Waals surface area contributed by atoms with Crippen molar-refractivity contribution in [3.05, 3.63) is 69.9 Å². The van der Waals surface area contributed by atoms with Crippen molar-refractivity contribution in [2.45, 2.75) is 50.5 Å². The van der Waals surface area contributed by atoms with E-state index in [4.69, 9.17) is 11.3 Å². The number of anilines is 1. The largest absolute Gasteiger partial charge is 0.487 e. The van der Waals surface area contributed by atoms with Crippen LogP contribution in [0.25, 0.3) is 10.9 Å². The zero-order chi connectivity index (χ0) is 19.6. The maximum Gasteiger partial charge on any atom is 0.265 e. The van der Waals surface area contributed by atoms with E-state index in [1.165, 1.54) is 17.7 Å². The summed E-state index contributed by atoms with van der Waals surface area (Å²) < 4.78 is 6.44. The Morgan fingerprint density at radius 2 is 2.11 bits per heavy atom. The summed E-state index contributed by atoms with van der Waals surface area (Å²) in [4.78, 5) is 5.73. The van der Waals surface area contributed by atoms with Gasteiger partial charge in [0, 0.05) is 25.7 Å². The second-order valence-electron chi connectivity index (χ2n) is 8.06. The van der Waals surface area contributed by atoms with Crippen molar-refractivity contribution in [3.8, 4) is 6.07 Å². The fourth-order valence-electron chi connectivity index (χ4n) is 4.63. The molecule has 0 bridgehead atoms. The first-order valence-corrected chi connectivity index (χ1v) is 10.1. The number of rotatable bonds is 2. The summed E-state index contributed by atoms with van der Waals surface area (Å²) >= 11 is 0. The first-order chi connectivity index (χ1) is 13.6. The monoisotopic (exact) mass is 371 g/mol. The predicted octanol–water partition coefficient (Wildman–Crippen LogP) is 5.40. The van der Waals surface area contributed by atoms with E-state index in [-0.39, 0.29) is 11.3 Å². The SMILES string of the molecule is [C-]#[N+]C(C#N)=C1C=C(C=Cc2ccc3c(c2)CCN3C)OC2(CCCCC2)C1. The van der Waals surface area contributed by atoms with Gasteiger partial charge in [-0.2, -0.15) is 0 Å². The van der Waals surface area contributed by atoms with E-state index < -0.39 is 0 Å². The molecule has 28 heavy (non-hydrogen) atoms. The van der Waals surface area contributed by atoms with Crippen LogP contribution in [0, 0.1) is 17.9 Å². The Balaban J connectivity index is 1.63. The van der Waals surface area contributed by atoms with Gasteiger partial charge in [-0.3, -0.25) is 0 Å². The summed E-state index contributed by atoms with van der Waals surface area (Å²) in [5, 5.41) is 9.36. The van der Waals surface area contributed by atoms with Crippen LogP contribution < -0.4 is 4.90 Å². The molecule has 4 nitrogen and oxygen atoms in total. The molecule has 2 heterocycles. The van der Waals surface area contributed by atoms with Crippen molar-refractivity contribution in [3.63, 3.8) is 0 Å². The molecule has 0 saturated heterocycles. The molecule has 0 radical (unpaired) electrons. The molecule has 3 aliphatic rings. The second kappa shape index (κ2) is 7.56. The molecule has 0 N–H and O–H groups in total. The smallest absolute Gasteiger partial charge is 0.265 e. The first-order valence-electron chi connectivity index (χ1n) is 10.1. The molecular formula is C24H25N3O. The molecule has 1 saturated carbocycles. The number of ether oxygens (including phenoxy) is 1. The van der Waals surface area contributed by atoms with Crippen molar-refractivity contribution in [1.29, 1.82) is 5.26 Å². The Hall–Kier alpha value is -2.98. The lowest BCUT2D eigenvalue weighted by atomic mass is 9.78. The molecular weight excluding hydrogens is 346 g/mol. The third-order valence-corrected chi connectivity index (χ3v) is 6.12. The highest BCUT2D eigenvalue weighted by Crippen LogP contribution is 2.43. The molecule has 1 aromatic carbocycles. The topological polar surface area (TPSA) is 40.6 Å². The lowest BCUT2D eigenvalue weighted by molar-refractivity contribution is -0.0285. The summed E-state index contributed by atoms with van der Waals surface area (Å²) in [5.41, 5.74) is 4.61. The van der Waals surface area contributed by atoms with Crippen LogP contribution in [0.5, 0.6) is 0 Å². The first kappa shape index (κ1) is 18.4. The number of allylic oxidation sites excluding steroid dienone is 3. The molecule has 4 heteroatoms. The molecule has 4 rings (SSSR count). The van der Waals surface area contributed by atoms with E-state index in [1.54, 1.807) is 0 Å². The molecule has 1 spiro atoms. The van der Waals surface area contributed by atoms with Gasteiger partial charge in [0.1, 0.15) is 11.4 Å². The lowest BCUT2D eigenvalue weighted by Crippen LogP contribution is -2.37. The number of benzene rings is 1. The second-order valence-corrected chi connectivity index (χ2v) is 8.06. The number of nitriles is 1. The highest BCUT2D eigenvalue weighted by molar-refractivity contribution is 5.64. The van der Waals surface area contributed by atoms with E-state index in [0.29, 0.717) is 6.42 Å². The van der Waals surface area contributed by atoms with Gasteiger partial charge in [0.05, 0.1) is 12.6 Å². The average Bonchev–Trinajstić information content (AvgIpc) is 3.08. The fraction of sp³-hybridized carbons (Fsp3) is 0.417. The van der Waals surface area contributed by atoms with E-state index in [0.717, 1.165) is 55.5 Å². The van der Waals surface area contributed by atoms with E-state index in [1.807, 2.05) is 12.2 Å². The fourth-order valence-corrected chi connectivity index (χ4v) is 4.63. The molecule has 1 fully saturated rings. The van der Waals surface area contributed by atoms with Crippen LogP contribution in [0.15, 0.2) is 47.4 Å². The molecule has 0 aromatic heterocycles. The van der Waals surface area contributed by atoms with Gasteiger partial charge >= 0.3 is 0 Å². The molecule has 1 aromatic rings. The van der Waals surface area contributed by atoms with Gasteiger partial charge in [0.15, 0.2) is 0 Å². The van der Waals surface area contributed by atoms with Gasteiger partial charge in [0.25, 0.3) is 5.70 Å². The third kappa shape index (κ3) is 3.56. The Labute approximate surface area is 167 Å². The predicted molar refractivity (Wildman–Crippen MR) is 111 cm³/mol. The van der Waals surface area contributed by atoms with Crippen LogP contribution in [-0.2, 0) is 11.2 Å². The summed E-state index contributed by atoms with van der Waals surface area (Å²) in [6.07, 6.45) is 13.2. The van der Waals surface area contributed by atoms with Crippen molar-refractivity contribution in [2.24, 2.45) is 0 Å². The standard InChI is InChI=1S/C24H25N3O/c1-26-22(17-25)20-15-21(28-24(16-20)11-4-3-5-12-24)8-6-18-7-9-23-19(14-18)10-13-27(23)2/h6-9,14-15H,3-5,10-13,16H2,2H3. The van der Waals surface area contributed by atoms with Crippen LogP contribution in [0.1, 0.15) is 49.7 Å². The Morgan fingerprint density at radius 1 is 1.29 bits per heavy atom. The van der Waals surface area contributed by atoms with Crippen molar-refractivity contribution >= 4 is 11.8 Å². The van der Waals surface area contributed by atoms with Crippen molar-refractivity contribution in [2.75, 3.05) is 18.5 Å². The lowest BCUT2D eigenvalue weighted by Gasteiger charge is -2.41. The highest BCUT2D eigenvalue weighted by Gasteiger charge is 2.38. The quantitative estimate of drug-likeness (QED) is 0.516. The van der Waals surface area contributed by atoms with Gasteiger partial charge in [-0.05, 0) is 73.1 Å². The van der Waals surface area contributed by atoms with Crippen LogP contribution in [0.3, 0.4) is 0 Å². The average molecular weight is 371 g/mol. The van der Waals surface area contributed by atoms with E-state index in [9.17, 15) is 5.26 Å². The van der Waals surface area contributed by atoms with Gasteiger partial charge in [-0.15, -0.1) is 0 Å². The van der Waals surface area contributed by atoms with Crippen molar-refractivity contribution in [1.82, 2.24) is 0 Å². The maximum atomic E-state index is 9.36. The molecule has 1 aliphatic carbocycles. The molecule has 2 aliphatic heterocycles. The molecule has 0 unspecified atom stereocenters. The molecule has 142 valence electrons. The minimum atomic E-state index is -0.255. The van der Waals surface area contributed by atoms with E-state index in [2.05, 4.69) is 47.1 Å². The minimum absolute atomic E-state index is 0.194. The van der Waals surface area contributed by atoms with Crippen LogP contribution in [-0.4, -0.2) is 19.2 Å². The zero-order valence-corrected chi connectivity index (χ0v) is 16.4. The molecule has 0 amide bonds. The van der Waals surface area contributed by atoms with E-state index >= 15 is 0 Å². The number of hydrogen-bond donors (Lipinski definition) is 0. The zero-order valence-electron chi connectivity index (χ0n) is 16.4. The Kier molecular flexibility index (Phi) is 4.97. The number of nitrogens with zero attached hydrogens (tertiary/aromatic N) is 3. The Bertz CT molecular complexity index is 933. The van der Waals surface area contributed by atoms with Gasteiger partial charge in [-0.1, -0.05) is 18.6 Å². The maximum absolute atomic E-state index is 9.36. The number of fused-ring (bicyclic) bond motifs is 1. The van der Waals surface area contributed by atoms with Gasteiger partial charge in [-0.25, -0.2) is 10.1 Å². The summed E-state index contributed by atoms with van der Waals surface area (Å²) in [6, 6.07) is 8.62. The summed E-state index contributed by atoms with van der Waals surface area (Å²) in [7, 11) is 2.13. The summed E-state index contributed by atoms with van der Waals surface area (Å²) in [6.45, 7) is 8.41. The van der Waals surface area contributed by atoms with Crippen LogP contribution in [0.4, 0.5) is 5.69 Å². The Morgan fingerprint density at radius 3 is 2.86 bits per heavy atom. The third-order valence-electron chi connectivity index (χ3n) is 6.12. The summed E-state index contributed by atoms with van der Waals surface area (Å²) in [5.74, 6) is 0.761. The van der Waals surface area contributed by atoms with Gasteiger partial charge in [0.2, 0.25) is 0 Å². The van der Waals surface area contributed by atoms with Gasteiger partial charge < -0.3 is 9.64 Å². The molecule has 0 atom stereocenters. The van der Waals surface area contributed by atoms with Crippen LogP contribution >= 0.6 is 0 Å².